The van der Waals surface area contributed by atoms with Gasteiger partial charge in [-0.1, -0.05) is 39.5 Å². The maximum absolute atomic E-state index is 10.4. The summed E-state index contributed by atoms with van der Waals surface area (Å²) < 4.78 is 0. The Morgan fingerprint density at radius 1 is 1.14 bits per heavy atom. The Morgan fingerprint density at radius 2 is 1.64 bits per heavy atom. The predicted octanol–water partition coefficient (Wildman–Crippen LogP) is 3.94. The van der Waals surface area contributed by atoms with Gasteiger partial charge >= 0.3 is 5.97 Å². The lowest BCUT2D eigenvalue weighted by atomic mass is 10.0. The molecule has 0 bridgehead atoms. The van der Waals surface area contributed by atoms with Crippen LogP contribution in [0.3, 0.4) is 0 Å². The molecule has 0 rings (SSSR count). The summed E-state index contributed by atoms with van der Waals surface area (Å²) in [7, 11) is 0. The molecule has 0 heterocycles. The van der Waals surface area contributed by atoms with E-state index >= 15 is 0 Å². The largest absolute Gasteiger partial charge is 0.481 e. The highest BCUT2D eigenvalue weighted by Gasteiger charge is 2.08. The van der Waals surface area contributed by atoms with Gasteiger partial charge in [0.2, 0.25) is 0 Å². The summed E-state index contributed by atoms with van der Waals surface area (Å²) >= 11 is 0. The zero-order valence-corrected chi connectivity index (χ0v) is 11.1. The number of halogens is 3. The average molecular weight is 268 g/mol. The van der Waals surface area contributed by atoms with Crippen molar-refractivity contribution in [1.82, 2.24) is 0 Å². The van der Waals surface area contributed by atoms with Gasteiger partial charge in [0.1, 0.15) is 0 Å². The van der Waals surface area contributed by atoms with Crippen molar-refractivity contribution >= 4 is 43.2 Å². The van der Waals surface area contributed by atoms with E-state index in [-0.39, 0.29) is 43.1 Å². The van der Waals surface area contributed by atoms with E-state index in [0.29, 0.717) is 0 Å². The van der Waals surface area contributed by atoms with E-state index in [1.54, 1.807) is 6.92 Å². The van der Waals surface area contributed by atoms with Crippen LogP contribution < -0.4 is 0 Å². The van der Waals surface area contributed by atoms with Gasteiger partial charge in [-0.2, -0.15) is 0 Å². The molecule has 2 nitrogen and oxygen atoms in total. The molecule has 1 unspecified atom stereocenters. The Hall–Kier alpha value is 0.340. The molecule has 1 atom stereocenters. The van der Waals surface area contributed by atoms with E-state index in [1.165, 1.54) is 19.3 Å². The van der Waals surface area contributed by atoms with Crippen molar-refractivity contribution in [3.63, 3.8) is 0 Å². The van der Waals surface area contributed by atoms with E-state index in [9.17, 15) is 4.79 Å². The Balaban J connectivity index is -0.000000167. The molecule has 0 spiro atoms. The quantitative estimate of drug-likeness (QED) is 0.740. The van der Waals surface area contributed by atoms with Gasteiger partial charge in [0.25, 0.3) is 0 Å². The highest BCUT2D eigenvalue weighted by molar-refractivity contribution is 5.86. The second kappa shape index (κ2) is 15.8. The van der Waals surface area contributed by atoms with Gasteiger partial charge in [-0.3, -0.25) is 4.79 Å². The number of carboxylic acid groups (broad SMARTS) is 1. The maximum atomic E-state index is 10.4. The van der Waals surface area contributed by atoms with E-state index in [1.807, 2.05) is 0 Å². The van der Waals surface area contributed by atoms with Crippen LogP contribution >= 0.6 is 37.2 Å². The zero-order valence-electron chi connectivity index (χ0n) is 8.69. The molecule has 0 aromatic heterocycles. The molecule has 90 valence electrons. The van der Waals surface area contributed by atoms with E-state index < -0.39 is 5.97 Å². The van der Waals surface area contributed by atoms with Crippen molar-refractivity contribution in [3.8, 4) is 0 Å². The molecule has 0 aromatic carbocycles. The lowest BCUT2D eigenvalue weighted by Gasteiger charge is -2.04. The number of hydrogen-bond acceptors (Lipinski definition) is 1. The summed E-state index contributed by atoms with van der Waals surface area (Å²) in [4.78, 5) is 10.4. The van der Waals surface area contributed by atoms with Crippen LogP contribution in [0.4, 0.5) is 0 Å². The summed E-state index contributed by atoms with van der Waals surface area (Å²) in [5.41, 5.74) is 0. The van der Waals surface area contributed by atoms with Crippen molar-refractivity contribution in [2.75, 3.05) is 0 Å². The van der Waals surface area contributed by atoms with Crippen molar-refractivity contribution in [3.05, 3.63) is 0 Å². The Kier molecular flexibility index (Phi) is 26.9. The van der Waals surface area contributed by atoms with E-state index in [2.05, 4.69) is 6.92 Å². The second-order valence-corrected chi connectivity index (χ2v) is 3.09. The second-order valence-electron chi connectivity index (χ2n) is 3.09. The first-order valence-corrected chi connectivity index (χ1v) is 4.41. The number of hydrogen-bond donors (Lipinski definition) is 1. The van der Waals surface area contributed by atoms with Gasteiger partial charge in [-0.05, 0) is 6.42 Å². The lowest BCUT2D eigenvalue weighted by Crippen LogP contribution is -2.08. The molecule has 0 radical (unpaired) electrons. The molecule has 0 aliphatic heterocycles. The third kappa shape index (κ3) is 14.8. The first kappa shape index (κ1) is 23.9. The smallest absolute Gasteiger partial charge is 0.306 e. The molecular weight excluding hydrogens is 246 g/mol. The van der Waals surface area contributed by atoms with Gasteiger partial charge < -0.3 is 5.11 Å². The van der Waals surface area contributed by atoms with Gasteiger partial charge in [0.15, 0.2) is 0 Å². The molecule has 0 aliphatic rings. The number of rotatable bonds is 6. The summed E-state index contributed by atoms with van der Waals surface area (Å²) in [6.07, 6.45) is 5.50. The number of carbonyl (C=O) groups is 1. The summed E-state index contributed by atoms with van der Waals surface area (Å²) in [6.45, 7) is 3.93. The van der Waals surface area contributed by atoms with Crippen LogP contribution in [0, 0.1) is 5.92 Å². The average Bonchev–Trinajstić information content (AvgIpc) is 1.97. The first-order chi connectivity index (χ1) is 5.18. The van der Waals surface area contributed by atoms with E-state index in [0.717, 1.165) is 12.8 Å². The van der Waals surface area contributed by atoms with Gasteiger partial charge in [0.05, 0.1) is 5.92 Å². The number of unbranched alkanes of at least 4 members (excludes halogenated alkanes) is 3. The van der Waals surface area contributed by atoms with Crippen molar-refractivity contribution in [2.24, 2.45) is 5.92 Å². The van der Waals surface area contributed by atoms with Crippen molar-refractivity contribution < 1.29 is 9.90 Å². The minimum Gasteiger partial charge on any atom is -0.481 e. The van der Waals surface area contributed by atoms with Crippen LogP contribution in [0.25, 0.3) is 0 Å². The Labute approximate surface area is 105 Å². The molecule has 0 fully saturated rings. The maximum Gasteiger partial charge on any atom is 0.306 e. The SMILES string of the molecule is CCCCCCC(C)C(=O)O.Cl.Cl.Cl. The van der Waals surface area contributed by atoms with Crippen LogP contribution in [-0.4, -0.2) is 11.1 Å². The standard InChI is InChI=1S/C9H18O2.3ClH/c1-3-4-5-6-7-8(2)9(10)11;;;/h8H,3-7H2,1-2H3,(H,10,11);3*1H. The monoisotopic (exact) mass is 266 g/mol. The molecule has 1 N–H and O–H groups in total. The van der Waals surface area contributed by atoms with Gasteiger partial charge in [0, 0.05) is 0 Å². The molecule has 0 aromatic rings. The third-order valence-electron chi connectivity index (χ3n) is 1.91. The molecule has 5 heteroatoms. The molecule has 0 saturated heterocycles. The first-order valence-electron chi connectivity index (χ1n) is 4.41. The zero-order chi connectivity index (χ0) is 8.69. The highest BCUT2D eigenvalue weighted by Crippen LogP contribution is 2.09. The fraction of sp³-hybridized carbons (Fsp3) is 0.889. The number of carboxylic acids is 1. The fourth-order valence-electron chi connectivity index (χ4n) is 1.00. The van der Waals surface area contributed by atoms with Crippen LogP contribution in [0.1, 0.15) is 46.0 Å². The molecular formula is C9H21Cl3O2. The Bertz CT molecular complexity index is 121. The summed E-state index contributed by atoms with van der Waals surface area (Å²) in [6, 6.07) is 0. The Morgan fingerprint density at radius 3 is 2.00 bits per heavy atom. The predicted molar refractivity (Wildman–Crippen MR) is 67.3 cm³/mol. The molecule has 0 aliphatic carbocycles. The van der Waals surface area contributed by atoms with Crippen LogP contribution in [0.5, 0.6) is 0 Å². The number of aliphatic carboxylic acids is 1. The fourth-order valence-corrected chi connectivity index (χ4v) is 1.00. The normalized spacial score (nSPS) is 10.1. The minimum atomic E-state index is -0.665. The molecule has 0 saturated carbocycles. The van der Waals surface area contributed by atoms with Crippen LogP contribution in [0.2, 0.25) is 0 Å². The van der Waals surface area contributed by atoms with Crippen LogP contribution in [-0.2, 0) is 4.79 Å². The van der Waals surface area contributed by atoms with Gasteiger partial charge in [-0.25, -0.2) is 0 Å². The summed E-state index contributed by atoms with van der Waals surface area (Å²) in [5.74, 6) is -0.826. The highest BCUT2D eigenvalue weighted by atomic mass is 35.5. The minimum absolute atomic E-state index is 0. The van der Waals surface area contributed by atoms with Crippen molar-refractivity contribution in [1.29, 1.82) is 0 Å². The van der Waals surface area contributed by atoms with Gasteiger partial charge in [-0.15, -0.1) is 37.2 Å². The molecule has 0 amide bonds. The van der Waals surface area contributed by atoms with Crippen LogP contribution in [0.15, 0.2) is 0 Å². The summed E-state index contributed by atoms with van der Waals surface area (Å²) in [5, 5.41) is 8.54. The molecule has 14 heavy (non-hydrogen) atoms. The van der Waals surface area contributed by atoms with E-state index in [4.69, 9.17) is 5.11 Å². The lowest BCUT2D eigenvalue weighted by molar-refractivity contribution is -0.141. The third-order valence-corrected chi connectivity index (χ3v) is 1.91. The van der Waals surface area contributed by atoms with Crippen molar-refractivity contribution in [2.45, 2.75) is 46.0 Å². The topological polar surface area (TPSA) is 37.3 Å².